The first-order chi connectivity index (χ1) is 10.1. The van der Waals surface area contributed by atoms with Crippen molar-refractivity contribution in [1.29, 1.82) is 0 Å². The number of halogens is 1. The van der Waals surface area contributed by atoms with E-state index in [0.717, 1.165) is 28.6 Å². The molecule has 3 rings (SSSR count). The molecule has 0 radical (unpaired) electrons. The van der Waals surface area contributed by atoms with Gasteiger partial charge < -0.3 is 9.84 Å². The molecule has 1 aliphatic heterocycles. The number of hydrogen-bond donors (Lipinski definition) is 1. The Labute approximate surface area is 133 Å². The fourth-order valence-electron chi connectivity index (χ4n) is 2.91. The highest BCUT2D eigenvalue weighted by molar-refractivity contribution is 9.10. The SMILES string of the molecule is CC1(CCc2ccccc2)CC(O)c2cc(Br)ccc2O1. The van der Waals surface area contributed by atoms with E-state index in [4.69, 9.17) is 4.74 Å². The van der Waals surface area contributed by atoms with Crippen molar-refractivity contribution in [3.8, 4) is 5.75 Å². The van der Waals surface area contributed by atoms with Crippen LogP contribution in [0.25, 0.3) is 0 Å². The van der Waals surface area contributed by atoms with Gasteiger partial charge in [-0.25, -0.2) is 0 Å². The van der Waals surface area contributed by atoms with Crippen molar-refractivity contribution in [2.24, 2.45) is 0 Å². The van der Waals surface area contributed by atoms with Gasteiger partial charge in [-0.2, -0.15) is 0 Å². The molecule has 1 heterocycles. The number of benzene rings is 2. The topological polar surface area (TPSA) is 29.5 Å². The Hall–Kier alpha value is -1.32. The third-order valence-corrected chi connectivity index (χ3v) is 4.59. The molecule has 0 aliphatic carbocycles. The smallest absolute Gasteiger partial charge is 0.126 e. The van der Waals surface area contributed by atoms with E-state index in [0.29, 0.717) is 6.42 Å². The Kier molecular flexibility index (Phi) is 4.05. The minimum atomic E-state index is -0.466. The van der Waals surface area contributed by atoms with E-state index in [1.165, 1.54) is 5.56 Å². The Bertz CT molecular complexity index is 626. The third-order valence-electron chi connectivity index (χ3n) is 4.10. The predicted octanol–water partition coefficient (Wildman–Crippen LogP) is 4.66. The Morgan fingerprint density at radius 1 is 1.24 bits per heavy atom. The van der Waals surface area contributed by atoms with Gasteiger partial charge in [0.25, 0.3) is 0 Å². The van der Waals surface area contributed by atoms with E-state index < -0.39 is 6.10 Å². The summed E-state index contributed by atoms with van der Waals surface area (Å²) >= 11 is 3.44. The summed E-state index contributed by atoms with van der Waals surface area (Å²) in [5, 5.41) is 10.4. The number of aryl methyl sites for hydroxylation is 1. The van der Waals surface area contributed by atoms with Crippen LogP contribution in [0.4, 0.5) is 0 Å². The molecule has 110 valence electrons. The lowest BCUT2D eigenvalue weighted by Gasteiger charge is -2.38. The molecule has 0 bridgehead atoms. The van der Waals surface area contributed by atoms with Crippen LogP contribution in [0.3, 0.4) is 0 Å². The average Bonchev–Trinajstić information content (AvgIpc) is 2.47. The van der Waals surface area contributed by atoms with Gasteiger partial charge in [0.1, 0.15) is 11.4 Å². The molecule has 0 amide bonds. The van der Waals surface area contributed by atoms with E-state index >= 15 is 0 Å². The van der Waals surface area contributed by atoms with E-state index in [1.807, 2.05) is 24.3 Å². The molecule has 3 heteroatoms. The van der Waals surface area contributed by atoms with Crippen molar-refractivity contribution < 1.29 is 9.84 Å². The van der Waals surface area contributed by atoms with E-state index in [9.17, 15) is 5.11 Å². The molecule has 0 saturated heterocycles. The fraction of sp³-hybridized carbons (Fsp3) is 0.333. The summed E-state index contributed by atoms with van der Waals surface area (Å²) < 4.78 is 7.15. The maximum Gasteiger partial charge on any atom is 0.126 e. The van der Waals surface area contributed by atoms with E-state index in [1.54, 1.807) is 0 Å². The Balaban J connectivity index is 1.76. The first kappa shape index (κ1) is 14.6. The van der Waals surface area contributed by atoms with Gasteiger partial charge in [-0.1, -0.05) is 46.3 Å². The normalized spacial score (nSPS) is 24.2. The lowest BCUT2D eigenvalue weighted by molar-refractivity contribution is -0.00676. The van der Waals surface area contributed by atoms with Crippen molar-refractivity contribution in [1.82, 2.24) is 0 Å². The molecule has 2 unspecified atom stereocenters. The van der Waals surface area contributed by atoms with Crippen LogP contribution >= 0.6 is 15.9 Å². The number of aliphatic hydroxyl groups excluding tert-OH is 1. The van der Waals surface area contributed by atoms with E-state index in [2.05, 4.69) is 47.1 Å². The summed E-state index contributed by atoms with van der Waals surface area (Å²) in [6.07, 6.45) is 2.01. The van der Waals surface area contributed by atoms with Crippen LogP contribution in [-0.2, 0) is 6.42 Å². The Morgan fingerprint density at radius 2 is 2.00 bits per heavy atom. The molecule has 2 atom stereocenters. The van der Waals surface area contributed by atoms with Crippen molar-refractivity contribution in [2.45, 2.75) is 37.9 Å². The van der Waals surface area contributed by atoms with Gasteiger partial charge in [0.2, 0.25) is 0 Å². The van der Waals surface area contributed by atoms with Crippen molar-refractivity contribution in [3.05, 3.63) is 64.1 Å². The van der Waals surface area contributed by atoms with Crippen LogP contribution in [0, 0.1) is 0 Å². The fourth-order valence-corrected chi connectivity index (χ4v) is 3.28. The summed E-state index contributed by atoms with van der Waals surface area (Å²) in [5.74, 6) is 0.799. The zero-order valence-electron chi connectivity index (χ0n) is 12.1. The van der Waals surface area contributed by atoms with Crippen LogP contribution < -0.4 is 4.74 Å². The molecule has 0 spiro atoms. The van der Waals surface area contributed by atoms with Crippen molar-refractivity contribution >= 4 is 15.9 Å². The summed E-state index contributed by atoms with van der Waals surface area (Å²) in [5.41, 5.74) is 1.86. The molecular formula is C18H19BrO2. The molecule has 0 fully saturated rings. The zero-order valence-corrected chi connectivity index (χ0v) is 13.6. The molecule has 1 N–H and O–H groups in total. The quantitative estimate of drug-likeness (QED) is 0.875. The van der Waals surface area contributed by atoms with Crippen molar-refractivity contribution in [3.63, 3.8) is 0 Å². The largest absolute Gasteiger partial charge is 0.487 e. The molecule has 0 aromatic heterocycles. The van der Waals surface area contributed by atoms with Gasteiger partial charge in [0, 0.05) is 16.5 Å². The van der Waals surface area contributed by atoms with Crippen LogP contribution in [0.2, 0.25) is 0 Å². The average molecular weight is 347 g/mol. The molecule has 0 saturated carbocycles. The summed E-state index contributed by atoms with van der Waals surface area (Å²) in [4.78, 5) is 0. The lowest BCUT2D eigenvalue weighted by Crippen LogP contribution is -2.38. The predicted molar refractivity (Wildman–Crippen MR) is 87.5 cm³/mol. The molecule has 2 nitrogen and oxygen atoms in total. The van der Waals surface area contributed by atoms with Gasteiger partial charge in [-0.05, 0) is 43.5 Å². The van der Waals surface area contributed by atoms with Gasteiger partial charge in [-0.15, -0.1) is 0 Å². The summed E-state index contributed by atoms with van der Waals surface area (Å²) in [6.45, 7) is 2.09. The van der Waals surface area contributed by atoms with Gasteiger partial charge in [0.05, 0.1) is 6.10 Å². The number of ether oxygens (including phenoxy) is 1. The summed E-state index contributed by atoms with van der Waals surface area (Å²) in [6, 6.07) is 16.2. The monoisotopic (exact) mass is 346 g/mol. The highest BCUT2D eigenvalue weighted by atomic mass is 79.9. The number of aliphatic hydroxyl groups is 1. The molecule has 2 aromatic carbocycles. The highest BCUT2D eigenvalue weighted by Crippen LogP contribution is 2.42. The van der Waals surface area contributed by atoms with Crippen LogP contribution in [0.1, 0.15) is 37.0 Å². The first-order valence-corrected chi connectivity index (χ1v) is 8.05. The molecule has 1 aliphatic rings. The second-order valence-electron chi connectivity index (χ2n) is 5.94. The van der Waals surface area contributed by atoms with Crippen molar-refractivity contribution in [2.75, 3.05) is 0 Å². The minimum Gasteiger partial charge on any atom is -0.487 e. The van der Waals surface area contributed by atoms with Gasteiger partial charge in [0.15, 0.2) is 0 Å². The van der Waals surface area contributed by atoms with Gasteiger partial charge >= 0.3 is 0 Å². The summed E-state index contributed by atoms with van der Waals surface area (Å²) in [7, 11) is 0. The lowest BCUT2D eigenvalue weighted by atomic mass is 9.86. The number of fused-ring (bicyclic) bond motifs is 1. The second kappa shape index (κ2) is 5.82. The third kappa shape index (κ3) is 3.30. The van der Waals surface area contributed by atoms with Crippen LogP contribution in [-0.4, -0.2) is 10.7 Å². The maximum atomic E-state index is 10.4. The minimum absolute atomic E-state index is 0.323. The van der Waals surface area contributed by atoms with E-state index in [-0.39, 0.29) is 5.60 Å². The molecule has 21 heavy (non-hydrogen) atoms. The Morgan fingerprint density at radius 3 is 2.76 bits per heavy atom. The second-order valence-corrected chi connectivity index (χ2v) is 6.86. The molecule has 2 aromatic rings. The number of rotatable bonds is 3. The maximum absolute atomic E-state index is 10.4. The zero-order chi connectivity index (χ0) is 14.9. The highest BCUT2D eigenvalue weighted by Gasteiger charge is 2.36. The standard InChI is InChI=1S/C18H19BrO2/c1-18(10-9-13-5-3-2-4-6-13)12-16(20)15-11-14(19)7-8-17(15)21-18/h2-8,11,16,20H,9-10,12H2,1H3. The number of hydrogen-bond acceptors (Lipinski definition) is 2. The van der Waals surface area contributed by atoms with Crippen LogP contribution in [0.5, 0.6) is 5.75 Å². The first-order valence-electron chi connectivity index (χ1n) is 7.26. The molecular weight excluding hydrogens is 328 g/mol. The van der Waals surface area contributed by atoms with Gasteiger partial charge in [-0.3, -0.25) is 0 Å². The van der Waals surface area contributed by atoms with Crippen LogP contribution in [0.15, 0.2) is 53.0 Å².